The summed E-state index contributed by atoms with van der Waals surface area (Å²) < 4.78 is 0. The van der Waals surface area contributed by atoms with E-state index in [1.54, 1.807) is 6.92 Å². The van der Waals surface area contributed by atoms with Crippen LogP contribution in [-0.2, 0) is 4.79 Å². The fourth-order valence-electron chi connectivity index (χ4n) is 2.57. The predicted octanol–water partition coefficient (Wildman–Crippen LogP) is 1.96. The molecule has 1 aliphatic rings. The predicted molar refractivity (Wildman–Crippen MR) is 81.7 cm³/mol. The Kier molecular flexibility index (Phi) is 5.33. The first-order chi connectivity index (χ1) is 10.1. The molecule has 21 heavy (non-hydrogen) atoms. The molecule has 0 aromatic heterocycles. The van der Waals surface area contributed by atoms with Gasteiger partial charge in [0.2, 0.25) is 5.91 Å². The minimum atomic E-state index is -0.478. The van der Waals surface area contributed by atoms with Crippen LogP contribution in [0.1, 0.15) is 37.8 Å². The van der Waals surface area contributed by atoms with Crippen molar-refractivity contribution in [1.29, 1.82) is 0 Å². The van der Waals surface area contributed by atoms with Crippen LogP contribution in [0, 0.1) is 5.92 Å². The summed E-state index contributed by atoms with van der Waals surface area (Å²) in [7, 11) is 1.49. The monoisotopic (exact) mass is 289 g/mol. The Morgan fingerprint density at radius 1 is 1.19 bits per heavy atom. The topological polar surface area (TPSA) is 70.2 Å². The quantitative estimate of drug-likeness (QED) is 0.776. The molecule has 3 amide bonds. The van der Waals surface area contributed by atoms with Crippen molar-refractivity contribution in [2.75, 3.05) is 7.05 Å². The first-order valence-electron chi connectivity index (χ1n) is 7.45. The van der Waals surface area contributed by atoms with Gasteiger partial charge in [-0.25, -0.2) is 4.79 Å². The van der Waals surface area contributed by atoms with Gasteiger partial charge in [0.05, 0.1) is 6.04 Å². The Morgan fingerprint density at radius 3 is 2.38 bits per heavy atom. The number of imide groups is 1. The Morgan fingerprint density at radius 2 is 1.86 bits per heavy atom. The lowest BCUT2D eigenvalue weighted by atomic mass is 9.77. The number of carbonyl (C=O) groups excluding carboxylic acids is 2. The van der Waals surface area contributed by atoms with Gasteiger partial charge in [-0.15, -0.1) is 0 Å². The first-order valence-corrected chi connectivity index (χ1v) is 7.45. The second kappa shape index (κ2) is 7.22. The van der Waals surface area contributed by atoms with Crippen molar-refractivity contribution in [3.05, 3.63) is 35.9 Å². The molecule has 5 heteroatoms. The summed E-state index contributed by atoms with van der Waals surface area (Å²) in [5.74, 6) is 0.247. The molecule has 0 heterocycles. The fourth-order valence-corrected chi connectivity index (χ4v) is 2.57. The zero-order chi connectivity index (χ0) is 15.2. The van der Waals surface area contributed by atoms with Crippen LogP contribution in [0.15, 0.2) is 30.3 Å². The van der Waals surface area contributed by atoms with Gasteiger partial charge in [-0.1, -0.05) is 36.8 Å². The van der Waals surface area contributed by atoms with Crippen molar-refractivity contribution in [1.82, 2.24) is 16.0 Å². The number of nitrogens with one attached hydrogen (secondary N) is 3. The summed E-state index contributed by atoms with van der Waals surface area (Å²) in [5.41, 5.74) is 1.20. The molecule has 1 aliphatic carbocycles. The number of amides is 3. The maximum atomic E-state index is 12.0. The van der Waals surface area contributed by atoms with Gasteiger partial charge in [0, 0.05) is 13.1 Å². The van der Waals surface area contributed by atoms with Crippen molar-refractivity contribution in [2.24, 2.45) is 5.92 Å². The number of rotatable bonds is 5. The van der Waals surface area contributed by atoms with Crippen LogP contribution in [0.4, 0.5) is 4.79 Å². The molecule has 0 radical (unpaired) electrons. The van der Waals surface area contributed by atoms with E-state index >= 15 is 0 Å². The lowest BCUT2D eigenvalue weighted by molar-refractivity contribution is -0.122. The Hall–Kier alpha value is -1.88. The number of hydrogen-bond donors (Lipinski definition) is 3. The highest BCUT2D eigenvalue weighted by Gasteiger charge is 2.30. The molecule has 2 rings (SSSR count). The second-order valence-electron chi connectivity index (χ2n) is 5.54. The van der Waals surface area contributed by atoms with E-state index in [1.807, 2.05) is 18.2 Å². The molecule has 1 fully saturated rings. The van der Waals surface area contributed by atoms with E-state index < -0.39 is 12.1 Å². The summed E-state index contributed by atoms with van der Waals surface area (Å²) in [6, 6.07) is 9.43. The average molecular weight is 289 g/mol. The molecule has 0 spiro atoms. The average Bonchev–Trinajstić information content (AvgIpc) is 2.45. The molecule has 1 aromatic carbocycles. The Bertz CT molecular complexity index is 486. The van der Waals surface area contributed by atoms with E-state index in [1.165, 1.54) is 31.9 Å². The van der Waals surface area contributed by atoms with Crippen LogP contribution < -0.4 is 16.0 Å². The van der Waals surface area contributed by atoms with Crippen molar-refractivity contribution in [3.63, 3.8) is 0 Å². The third kappa shape index (κ3) is 4.04. The molecule has 0 unspecified atom stereocenters. The highest BCUT2D eigenvalue weighted by Crippen LogP contribution is 2.37. The van der Waals surface area contributed by atoms with E-state index in [0.29, 0.717) is 5.92 Å². The van der Waals surface area contributed by atoms with Crippen LogP contribution in [0.2, 0.25) is 0 Å². The molecule has 0 bridgehead atoms. The number of hydrogen-bond acceptors (Lipinski definition) is 3. The summed E-state index contributed by atoms with van der Waals surface area (Å²) >= 11 is 0. The van der Waals surface area contributed by atoms with Crippen LogP contribution >= 0.6 is 0 Å². The molecule has 0 saturated heterocycles. The van der Waals surface area contributed by atoms with Gasteiger partial charge >= 0.3 is 6.03 Å². The third-order valence-corrected chi connectivity index (χ3v) is 4.07. The molecule has 5 nitrogen and oxygen atoms in total. The summed E-state index contributed by atoms with van der Waals surface area (Å²) in [5, 5.41) is 8.06. The van der Waals surface area contributed by atoms with Gasteiger partial charge in [-0.3, -0.25) is 15.4 Å². The van der Waals surface area contributed by atoms with E-state index in [0.717, 1.165) is 0 Å². The van der Waals surface area contributed by atoms with E-state index in [2.05, 4.69) is 28.1 Å². The summed E-state index contributed by atoms with van der Waals surface area (Å²) in [6.45, 7) is 1.78. The first kappa shape index (κ1) is 15.5. The van der Waals surface area contributed by atoms with E-state index in [9.17, 15) is 9.59 Å². The molecular weight excluding hydrogens is 266 g/mol. The second-order valence-corrected chi connectivity index (χ2v) is 5.54. The molecule has 1 saturated carbocycles. The third-order valence-electron chi connectivity index (χ3n) is 4.07. The number of urea groups is 1. The van der Waals surface area contributed by atoms with Gasteiger partial charge in [0.1, 0.15) is 0 Å². The molecular formula is C16H23N3O2. The standard InChI is InChI=1S/C16H23N3O2/c1-11(15(20)19-16(21)17-2)18-14(13-9-6-10-13)12-7-4-3-5-8-12/h3-5,7-8,11,13-14,18H,6,9-10H2,1-2H3,(H2,17,19,20,21)/t11-,14-/m1/s1. The van der Waals surface area contributed by atoms with Crippen molar-refractivity contribution in [2.45, 2.75) is 38.3 Å². The number of benzene rings is 1. The maximum Gasteiger partial charge on any atom is 0.321 e. The zero-order valence-corrected chi connectivity index (χ0v) is 12.6. The van der Waals surface area contributed by atoms with Crippen LogP contribution in [0.5, 0.6) is 0 Å². The van der Waals surface area contributed by atoms with E-state index in [4.69, 9.17) is 0 Å². The summed E-state index contributed by atoms with van der Waals surface area (Å²) in [6.07, 6.45) is 3.60. The highest BCUT2D eigenvalue weighted by atomic mass is 16.2. The summed E-state index contributed by atoms with van der Waals surface area (Å²) in [4.78, 5) is 23.2. The Labute approximate surface area is 125 Å². The van der Waals surface area contributed by atoms with Crippen molar-refractivity contribution in [3.8, 4) is 0 Å². The van der Waals surface area contributed by atoms with Gasteiger partial charge in [-0.2, -0.15) is 0 Å². The lowest BCUT2D eigenvalue weighted by Crippen LogP contribution is -2.49. The van der Waals surface area contributed by atoms with Gasteiger partial charge in [-0.05, 0) is 31.2 Å². The normalized spacial score (nSPS) is 17.4. The minimum absolute atomic E-state index is 0.158. The maximum absolute atomic E-state index is 12.0. The molecule has 3 N–H and O–H groups in total. The smallest absolute Gasteiger partial charge is 0.321 e. The van der Waals surface area contributed by atoms with Crippen LogP contribution in [0.25, 0.3) is 0 Å². The van der Waals surface area contributed by atoms with Crippen LogP contribution in [-0.4, -0.2) is 25.0 Å². The molecule has 0 aliphatic heterocycles. The molecule has 2 atom stereocenters. The number of carbonyl (C=O) groups is 2. The van der Waals surface area contributed by atoms with Crippen molar-refractivity contribution >= 4 is 11.9 Å². The van der Waals surface area contributed by atoms with Crippen LogP contribution in [0.3, 0.4) is 0 Å². The highest BCUT2D eigenvalue weighted by molar-refractivity contribution is 5.96. The lowest BCUT2D eigenvalue weighted by Gasteiger charge is -2.36. The largest absolute Gasteiger partial charge is 0.341 e. The molecule has 1 aromatic rings. The molecule has 114 valence electrons. The van der Waals surface area contributed by atoms with Gasteiger partial charge in [0.15, 0.2) is 0 Å². The Balaban J connectivity index is 2.01. The fraction of sp³-hybridized carbons (Fsp3) is 0.500. The zero-order valence-electron chi connectivity index (χ0n) is 12.6. The SMILES string of the molecule is CNC(=O)NC(=O)[C@@H](C)N[C@H](c1ccccc1)C1CCC1. The van der Waals surface area contributed by atoms with E-state index in [-0.39, 0.29) is 11.9 Å². The van der Waals surface area contributed by atoms with Crippen molar-refractivity contribution < 1.29 is 9.59 Å². The minimum Gasteiger partial charge on any atom is -0.341 e. The van der Waals surface area contributed by atoms with Gasteiger partial charge in [0.25, 0.3) is 0 Å². The van der Waals surface area contributed by atoms with Gasteiger partial charge < -0.3 is 5.32 Å².